The monoisotopic (exact) mass is 296 g/mol. The summed E-state index contributed by atoms with van der Waals surface area (Å²) in [6, 6.07) is 0. The molecule has 0 saturated carbocycles. The van der Waals surface area contributed by atoms with Crippen molar-refractivity contribution < 1.29 is 24.5 Å². The van der Waals surface area contributed by atoms with Gasteiger partial charge in [0.2, 0.25) is 0 Å². The maximum Gasteiger partial charge on any atom is 0.365 e. The van der Waals surface area contributed by atoms with Crippen molar-refractivity contribution in [2.75, 3.05) is 7.11 Å². The molecule has 1 atom stereocenters. The van der Waals surface area contributed by atoms with E-state index in [0.717, 1.165) is 25.3 Å². The lowest BCUT2D eigenvalue weighted by Crippen LogP contribution is -2.11. The average Bonchev–Trinajstić information content (AvgIpc) is 2.26. The molecule has 1 N–H and O–H groups in total. The molecular formula is C10H17BrO5. The van der Waals surface area contributed by atoms with Crippen LogP contribution in [0.25, 0.3) is 0 Å². The Labute approximate surface area is 103 Å². The fourth-order valence-electron chi connectivity index (χ4n) is 0.623. The van der Waals surface area contributed by atoms with Gasteiger partial charge in [-0.2, -0.15) is 4.89 Å². The molecule has 0 fully saturated rings. The van der Waals surface area contributed by atoms with Crippen LogP contribution in [-0.4, -0.2) is 29.0 Å². The van der Waals surface area contributed by atoms with Crippen LogP contribution >= 0.6 is 15.9 Å². The summed E-state index contributed by atoms with van der Waals surface area (Å²) in [5, 5.41) is 8.36. The SMILES string of the molecule is C=CC(=O)OOC.CCCCC(Br)C(=O)O. The summed E-state index contributed by atoms with van der Waals surface area (Å²) in [6.45, 7) is 5.17. The van der Waals surface area contributed by atoms with Crippen LogP contribution in [0, 0.1) is 0 Å². The number of carboxylic acids is 1. The van der Waals surface area contributed by atoms with Crippen LogP contribution in [0.5, 0.6) is 0 Å². The maximum atomic E-state index is 10.2. The van der Waals surface area contributed by atoms with Crippen molar-refractivity contribution in [2.45, 2.75) is 31.0 Å². The van der Waals surface area contributed by atoms with E-state index in [1.165, 1.54) is 7.11 Å². The molecule has 94 valence electrons. The van der Waals surface area contributed by atoms with Gasteiger partial charge in [-0.3, -0.25) is 9.68 Å². The second-order valence-corrected chi connectivity index (χ2v) is 3.83. The first-order valence-electron chi connectivity index (χ1n) is 4.73. The fraction of sp³-hybridized carbons (Fsp3) is 0.600. The van der Waals surface area contributed by atoms with Gasteiger partial charge in [-0.05, 0) is 6.42 Å². The van der Waals surface area contributed by atoms with Crippen LogP contribution in [0.2, 0.25) is 0 Å². The van der Waals surface area contributed by atoms with E-state index < -0.39 is 11.9 Å². The van der Waals surface area contributed by atoms with E-state index in [4.69, 9.17) is 5.11 Å². The third kappa shape index (κ3) is 13.1. The highest BCUT2D eigenvalue weighted by Crippen LogP contribution is 2.08. The molecule has 16 heavy (non-hydrogen) atoms. The minimum absolute atomic E-state index is 0.350. The number of rotatable bonds is 6. The number of carboxylic acid groups (broad SMARTS) is 1. The molecule has 0 saturated heterocycles. The number of halogens is 1. The van der Waals surface area contributed by atoms with Crippen molar-refractivity contribution in [3.63, 3.8) is 0 Å². The van der Waals surface area contributed by atoms with E-state index in [9.17, 15) is 9.59 Å². The maximum absolute atomic E-state index is 10.2. The predicted molar refractivity (Wildman–Crippen MR) is 63.2 cm³/mol. The molecule has 6 heteroatoms. The number of hydrogen-bond acceptors (Lipinski definition) is 4. The zero-order valence-electron chi connectivity index (χ0n) is 9.44. The first-order chi connectivity index (χ1) is 7.49. The normalized spacial score (nSPS) is 10.7. The van der Waals surface area contributed by atoms with E-state index in [1.54, 1.807) is 0 Å². The Hall–Kier alpha value is -0.880. The molecule has 0 aliphatic heterocycles. The smallest absolute Gasteiger partial charge is 0.365 e. The van der Waals surface area contributed by atoms with Crippen LogP contribution in [0.15, 0.2) is 12.7 Å². The highest BCUT2D eigenvalue weighted by molar-refractivity contribution is 9.10. The minimum Gasteiger partial charge on any atom is -0.480 e. The van der Waals surface area contributed by atoms with Gasteiger partial charge in [0, 0.05) is 6.08 Å². The third-order valence-electron chi connectivity index (χ3n) is 1.41. The van der Waals surface area contributed by atoms with Gasteiger partial charge in [0.05, 0.1) is 7.11 Å². The summed E-state index contributed by atoms with van der Waals surface area (Å²) >= 11 is 3.04. The first kappa shape index (κ1) is 17.5. The summed E-state index contributed by atoms with van der Waals surface area (Å²) in [6.07, 6.45) is 3.77. The van der Waals surface area contributed by atoms with Gasteiger partial charge in [0.25, 0.3) is 0 Å². The van der Waals surface area contributed by atoms with Gasteiger partial charge in [-0.25, -0.2) is 4.79 Å². The topological polar surface area (TPSA) is 72.8 Å². The summed E-state index contributed by atoms with van der Waals surface area (Å²) < 4.78 is 0. The molecular weight excluding hydrogens is 280 g/mol. The number of carbonyl (C=O) groups is 2. The van der Waals surface area contributed by atoms with E-state index in [0.29, 0.717) is 0 Å². The van der Waals surface area contributed by atoms with Crippen LogP contribution in [0.4, 0.5) is 0 Å². The Bertz CT molecular complexity index is 217. The van der Waals surface area contributed by atoms with Gasteiger partial charge in [-0.1, -0.05) is 42.3 Å². The fourth-order valence-corrected chi connectivity index (χ4v) is 0.947. The Morgan fingerprint density at radius 1 is 1.56 bits per heavy atom. The van der Waals surface area contributed by atoms with E-state index in [2.05, 4.69) is 32.3 Å². The Morgan fingerprint density at radius 2 is 2.12 bits per heavy atom. The third-order valence-corrected chi connectivity index (χ3v) is 2.26. The number of carbonyl (C=O) groups excluding carboxylic acids is 1. The van der Waals surface area contributed by atoms with Gasteiger partial charge >= 0.3 is 11.9 Å². The molecule has 0 bridgehead atoms. The van der Waals surface area contributed by atoms with Crippen molar-refractivity contribution >= 4 is 27.9 Å². The zero-order valence-corrected chi connectivity index (χ0v) is 11.0. The largest absolute Gasteiger partial charge is 0.480 e. The molecule has 0 amide bonds. The number of aliphatic carboxylic acids is 1. The lowest BCUT2D eigenvalue weighted by Gasteiger charge is -2.00. The highest BCUT2D eigenvalue weighted by atomic mass is 79.9. The van der Waals surface area contributed by atoms with Crippen molar-refractivity contribution in [3.05, 3.63) is 12.7 Å². The molecule has 5 nitrogen and oxygen atoms in total. The summed E-state index contributed by atoms with van der Waals surface area (Å²) in [5.41, 5.74) is 0. The second-order valence-electron chi connectivity index (χ2n) is 2.72. The number of alkyl halides is 1. The van der Waals surface area contributed by atoms with E-state index >= 15 is 0 Å². The summed E-state index contributed by atoms with van der Waals surface area (Å²) in [5.74, 6) is -1.34. The Kier molecular flexibility index (Phi) is 13.3. The molecule has 0 rings (SSSR count). The Balaban J connectivity index is 0. The molecule has 0 aliphatic carbocycles. The van der Waals surface area contributed by atoms with Gasteiger partial charge in [-0.15, -0.1) is 0 Å². The molecule has 0 aromatic rings. The molecule has 0 spiro atoms. The van der Waals surface area contributed by atoms with Crippen LogP contribution < -0.4 is 0 Å². The molecule has 0 aliphatic rings. The van der Waals surface area contributed by atoms with Gasteiger partial charge in [0.15, 0.2) is 0 Å². The van der Waals surface area contributed by atoms with Crippen LogP contribution in [-0.2, 0) is 19.4 Å². The van der Waals surface area contributed by atoms with E-state index in [-0.39, 0.29) is 4.83 Å². The highest BCUT2D eigenvalue weighted by Gasteiger charge is 2.10. The molecule has 0 radical (unpaired) electrons. The predicted octanol–water partition coefficient (Wildman–Crippen LogP) is 2.30. The molecule has 0 aromatic carbocycles. The van der Waals surface area contributed by atoms with Gasteiger partial charge in [0.1, 0.15) is 4.83 Å². The molecule has 1 unspecified atom stereocenters. The van der Waals surface area contributed by atoms with Crippen molar-refractivity contribution in [1.29, 1.82) is 0 Å². The van der Waals surface area contributed by atoms with E-state index in [1.807, 2.05) is 6.92 Å². The lowest BCUT2D eigenvalue weighted by atomic mass is 10.2. The van der Waals surface area contributed by atoms with Crippen molar-refractivity contribution in [1.82, 2.24) is 0 Å². The standard InChI is InChI=1S/C6H11BrO2.C4H6O3/c1-2-3-4-5(7)6(8)9;1-3-4(5)7-6-2/h5H,2-4H2,1H3,(H,8,9);3H,1H2,2H3. The molecule has 0 aromatic heterocycles. The Morgan fingerprint density at radius 3 is 2.38 bits per heavy atom. The number of hydrogen-bond donors (Lipinski definition) is 1. The second kappa shape index (κ2) is 12.2. The average molecular weight is 297 g/mol. The quantitative estimate of drug-likeness (QED) is 0.352. The summed E-state index contributed by atoms with van der Waals surface area (Å²) in [4.78, 5) is 27.7. The van der Waals surface area contributed by atoms with Crippen LogP contribution in [0.3, 0.4) is 0 Å². The van der Waals surface area contributed by atoms with Crippen molar-refractivity contribution in [3.8, 4) is 0 Å². The number of unbranched alkanes of at least 4 members (excludes halogenated alkanes) is 1. The minimum atomic E-state index is -0.761. The van der Waals surface area contributed by atoms with Gasteiger partial charge < -0.3 is 5.11 Å². The summed E-state index contributed by atoms with van der Waals surface area (Å²) in [7, 11) is 1.25. The van der Waals surface area contributed by atoms with Crippen LogP contribution in [0.1, 0.15) is 26.2 Å². The zero-order chi connectivity index (χ0) is 13.0. The molecule has 0 heterocycles. The first-order valence-corrected chi connectivity index (χ1v) is 5.65. The lowest BCUT2D eigenvalue weighted by molar-refractivity contribution is -0.249. The van der Waals surface area contributed by atoms with Crippen molar-refractivity contribution in [2.24, 2.45) is 0 Å².